The lowest BCUT2D eigenvalue weighted by Crippen LogP contribution is -2.45. The Bertz CT molecular complexity index is 369. The van der Waals surface area contributed by atoms with Gasteiger partial charge in [-0.1, -0.05) is 23.8 Å². The molecule has 80 valence electrons. The number of hydrogen-bond donors (Lipinski definition) is 0. The first kappa shape index (κ1) is 9.20. The molecule has 1 saturated carbocycles. The Balaban J connectivity index is 1.85. The van der Waals surface area contributed by atoms with Crippen LogP contribution in [0.4, 0.5) is 0 Å². The molecule has 2 unspecified atom stereocenters. The van der Waals surface area contributed by atoms with E-state index < -0.39 is 0 Å². The van der Waals surface area contributed by atoms with Crippen LogP contribution in [0.5, 0.6) is 0 Å². The first-order chi connectivity index (χ1) is 7.22. The maximum atomic E-state index is 11.9. The normalized spacial score (nSPS) is 38.7. The minimum absolute atomic E-state index is 0.0943. The summed E-state index contributed by atoms with van der Waals surface area (Å²) >= 11 is 0. The summed E-state index contributed by atoms with van der Waals surface area (Å²) in [7, 11) is 0. The lowest BCUT2D eigenvalue weighted by molar-refractivity contribution is -0.135. The fourth-order valence-corrected chi connectivity index (χ4v) is 2.98. The van der Waals surface area contributed by atoms with Crippen LogP contribution in [0.2, 0.25) is 0 Å². The summed E-state index contributed by atoms with van der Waals surface area (Å²) in [6, 6.07) is 0. The van der Waals surface area contributed by atoms with Gasteiger partial charge in [-0.15, -0.1) is 0 Å². The molecule has 1 heterocycles. The summed E-state index contributed by atoms with van der Waals surface area (Å²) in [6.45, 7) is 3.10. The van der Waals surface area contributed by atoms with E-state index in [1.54, 1.807) is 0 Å². The van der Waals surface area contributed by atoms with Crippen molar-refractivity contribution in [1.29, 1.82) is 0 Å². The van der Waals surface area contributed by atoms with Crippen molar-refractivity contribution in [3.8, 4) is 0 Å². The maximum absolute atomic E-state index is 11.9. The van der Waals surface area contributed by atoms with Crippen molar-refractivity contribution in [2.24, 2.45) is 5.92 Å². The van der Waals surface area contributed by atoms with E-state index in [-0.39, 0.29) is 5.54 Å². The van der Waals surface area contributed by atoms with Crippen molar-refractivity contribution in [3.63, 3.8) is 0 Å². The number of piperidine rings is 1. The van der Waals surface area contributed by atoms with Gasteiger partial charge in [-0.2, -0.15) is 0 Å². The number of carbonyl (C=O) groups is 1. The van der Waals surface area contributed by atoms with Crippen molar-refractivity contribution in [3.05, 3.63) is 23.8 Å². The SMILES string of the molecule is CC1=CC2CC2(N2CCCCC2=O)C=C1. The zero-order valence-electron chi connectivity index (χ0n) is 9.20. The predicted molar refractivity (Wildman–Crippen MR) is 59.3 cm³/mol. The standard InChI is InChI=1S/C13H17NO/c1-10-5-6-13(9-11(13)8-10)14-7-3-2-4-12(14)15/h5-6,8,11H,2-4,7,9H2,1H3. The number of nitrogens with zero attached hydrogens (tertiary/aromatic N) is 1. The van der Waals surface area contributed by atoms with Gasteiger partial charge in [0.1, 0.15) is 0 Å². The number of likely N-dealkylation sites (tertiary alicyclic amines) is 1. The average Bonchev–Trinajstić information content (AvgIpc) is 2.93. The summed E-state index contributed by atoms with van der Waals surface area (Å²) in [6.07, 6.45) is 10.9. The molecule has 0 aromatic heterocycles. The molecular weight excluding hydrogens is 186 g/mol. The Morgan fingerprint density at radius 3 is 3.07 bits per heavy atom. The minimum atomic E-state index is 0.0943. The zero-order chi connectivity index (χ0) is 10.5. The zero-order valence-corrected chi connectivity index (χ0v) is 9.20. The molecule has 0 radical (unpaired) electrons. The van der Waals surface area contributed by atoms with E-state index in [1.807, 2.05) is 0 Å². The summed E-state index contributed by atoms with van der Waals surface area (Å²) in [5.41, 5.74) is 1.44. The van der Waals surface area contributed by atoms with Crippen molar-refractivity contribution >= 4 is 5.91 Å². The number of carbonyl (C=O) groups excluding carboxylic acids is 1. The Hall–Kier alpha value is -1.05. The van der Waals surface area contributed by atoms with E-state index in [0.717, 1.165) is 25.8 Å². The number of hydrogen-bond acceptors (Lipinski definition) is 1. The van der Waals surface area contributed by atoms with Gasteiger partial charge in [0.25, 0.3) is 0 Å². The fraction of sp³-hybridized carbons (Fsp3) is 0.615. The lowest BCUT2D eigenvalue weighted by Gasteiger charge is -2.35. The second-order valence-electron chi connectivity index (χ2n) is 5.05. The second kappa shape index (κ2) is 2.97. The summed E-state index contributed by atoms with van der Waals surface area (Å²) in [5.74, 6) is 0.964. The molecule has 2 nitrogen and oxygen atoms in total. The van der Waals surface area contributed by atoms with E-state index in [0.29, 0.717) is 11.8 Å². The van der Waals surface area contributed by atoms with Crippen molar-refractivity contribution in [1.82, 2.24) is 4.90 Å². The highest BCUT2D eigenvalue weighted by molar-refractivity contribution is 5.79. The van der Waals surface area contributed by atoms with Crippen LogP contribution in [0, 0.1) is 5.92 Å². The van der Waals surface area contributed by atoms with Gasteiger partial charge in [0.15, 0.2) is 0 Å². The molecule has 1 saturated heterocycles. The van der Waals surface area contributed by atoms with E-state index in [4.69, 9.17) is 0 Å². The lowest BCUT2D eigenvalue weighted by atomic mass is 9.99. The topological polar surface area (TPSA) is 20.3 Å². The van der Waals surface area contributed by atoms with E-state index in [9.17, 15) is 4.79 Å². The third-order valence-corrected chi connectivity index (χ3v) is 3.95. The molecule has 1 aliphatic heterocycles. The molecule has 2 heteroatoms. The van der Waals surface area contributed by atoms with Crippen LogP contribution in [0.3, 0.4) is 0 Å². The first-order valence-electron chi connectivity index (χ1n) is 5.90. The molecule has 0 bridgehead atoms. The molecule has 3 rings (SSSR count). The van der Waals surface area contributed by atoms with Crippen LogP contribution in [0.1, 0.15) is 32.6 Å². The van der Waals surface area contributed by atoms with Crippen molar-refractivity contribution in [2.75, 3.05) is 6.54 Å². The summed E-state index contributed by atoms with van der Waals surface area (Å²) in [4.78, 5) is 14.0. The average molecular weight is 203 g/mol. The molecule has 0 aromatic carbocycles. The van der Waals surface area contributed by atoms with E-state index in [1.165, 1.54) is 12.0 Å². The van der Waals surface area contributed by atoms with Gasteiger partial charge in [-0.05, 0) is 26.2 Å². The van der Waals surface area contributed by atoms with Crippen molar-refractivity contribution < 1.29 is 4.79 Å². The highest BCUT2D eigenvalue weighted by Crippen LogP contribution is 2.54. The Morgan fingerprint density at radius 2 is 2.33 bits per heavy atom. The van der Waals surface area contributed by atoms with Gasteiger partial charge in [0.2, 0.25) is 5.91 Å². The largest absolute Gasteiger partial charge is 0.333 e. The molecule has 0 spiro atoms. The van der Waals surface area contributed by atoms with E-state index in [2.05, 4.69) is 30.1 Å². The predicted octanol–water partition coefficient (Wildman–Crippen LogP) is 2.27. The van der Waals surface area contributed by atoms with Crippen LogP contribution >= 0.6 is 0 Å². The molecule has 15 heavy (non-hydrogen) atoms. The summed E-state index contributed by atoms with van der Waals surface area (Å²) < 4.78 is 0. The molecule has 2 aliphatic carbocycles. The maximum Gasteiger partial charge on any atom is 0.223 e. The molecule has 2 fully saturated rings. The van der Waals surface area contributed by atoms with Crippen LogP contribution in [0.25, 0.3) is 0 Å². The highest BCUT2D eigenvalue weighted by Gasteiger charge is 2.57. The Kier molecular flexibility index (Phi) is 1.82. The van der Waals surface area contributed by atoms with Crippen LogP contribution in [0.15, 0.2) is 23.8 Å². The summed E-state index contributed by atoms with van der Waals surface area (Å²) in [5, 5.41) is 0. The minimum Gasteiger partial charge on any atom is -0.333 e. The quantitative estimate of drug-likeness (QED) is 0.640. The third kappa shape index (κ3) is 1.27. The van der Waals surface area contributed by atoms with Gasteiger partial charge in [0.05, 0.1) is 5.54 Å². The number of fused-ring (bicyclic) bond motifs is 1. The third-order valence-electron chi connectivity index (χ3n) is 3.95. The molecule has 3 aliphatic rings. The Morgan fingerprint density at radius 1 is 1.47 bits per heavy atom. The second-order valence-corrected chi connectivity index (χ2v) is 5.05. The van der Waals surface area contributed by atoms with E-state index >= 15 is 0 Å². The number of amides is 1. The highest BCUT2D eigenvalue weighted by atomic mass is 16.2. The van der Waals surface area contributed by atoms with Gasteiger partial charge in [-0.25, -0.2) is 0 Å². The molecule has 0 aromatic rings. The molecule has 1 amide bonds. The Labute approximate surface area is 90.6 Å². The molecule has 2 atom stereocenters. The van der Waals surface area contributed by atoms with Crippen LogP contribution in [-0.2, 0) is 4.79 Å². The number of rotatable bonds is 1. The van der Waals surface area contributed by atoms with Crippen LogP contribution < -0.4 is 0 Å². The van der Waals surface area contributed by atoms with Gasteiger partial charge < -0.3 is 4.90 Å². The fourth-order valence-electron chi connectivity index (χ4n) is 2.98. The monoisotopic (exact) mass is 203 g/mol. The molecular formula is C13H17NO. The van der Waals surface area contributed by atoms with Crippen molar-refractivity contribution in [2.45, 2.75) is 38.1 Å². The van der Waals surface area contributed by atoms with Gasteiger partial charge in [-0.3, -0.25) is 4.79 Å². The smallest absolute Gasteiger partial charge is 0.223 e. The molecule has 0 N–H and O–H groups in total. The van der Waals surface area contributed by atoms with Gasteiger partial charge in [0, 0.05) is 18.9 Å². The van der Waals surface area contributed by atoms with Gasteiger partial charge >= 0.3 is 0 Å². The number of allylic oxidation sites excluding steroid dienone is 2. The first-order valence-corrected chi connectivity index (χ1v) is 5.90. The van der Waals surface area contributed by atoms with Crippen LogP contribution in [-0.4, -0.2) is 22.9 Å².